The Labute approximate surface area is 99.7 Å². The minimum absolute atomic E-state index is 0.166. The van der Waals surface area contributed by atoms with Gasteiger partial charge in [0.05, 0.1) is 11.1 Å². The molecule has 0 bridgehead atoms. The summed E-state index contributed by atoms with van der Waals surface area (Å²) in [4.78, 5) is 2.18. The standard InChI is InChI=1S/C12H14ClFN2/c1-2-9-8-15-5-6-16(9)10-3-4-12(14)11(13)7-10/h2-4,7,9,15H,1,5-6,8H2. The molecule has 1 aliphatic rings. The van der Waals surface area contributed by atoms with Crippen molar-refractivity contribution in [1.82, 2.24) is 5.32 Å². The molecule has 1 unspecified atom stereocenters. The molecular formula is C12H14ClFN2. The number of hydrogen-bond donors (Lipinski definition) is 1. The maximum atomic E-state index is 13.1. The molecule has 1 aliphatic heterocycles. The number of nitrogens with one attached hydrogen (secondary N) is 1. The number of nitrogens with zero attached hydrogens (tertiary/aromatic N) is 1. The van der Waals surface area contributed by atoms with E-state index in [9.17, 15) is 4.39 Å². The molecule has 1 fully saturated rings. The molecule has 1 heterocycles. The Bertz CT molecular complexity index is 395. The zero-order valence-corrected chi connectivity index (χ0v) is 9.67. The number of piperazine rings is 1. The normalized spacial score (nSPS) is 20.9. The van der Waals surface area contributed by atoms with Crippen LogP contribution in [-0.4, -0.2) is 25.7 Å². The van der Waals surface area contributed by atoms with Crippen molar-refractivity contribution in [1.29, 1.82) is 0 Å². The van der Waals surface area contributed by atoms with Crippen molar-refractivity contribution in [2.45, 2.75) is 6.04 Å². The van der Waals surface area contributed by atoms with E-state index in [0.717, 1.165) is 25.3 Å². The van der Waals surface area contributed by atoms with Crippen molar-refractivity contribution in [2.24, 2.45) is 0 Å². The molecule has 0 aromatic heterocycles. The van der Waals surface area contributed by atoms with Gasteiger partial charge in [0.15, 0.2) is 0 Å². The highest BCUT2D eigenvalue weighted by Crippen LogP contribution is 2.24. The number of benzene rings is 1. The third kappa shape index (κ3) is 2.20. The predicted octanol–water partition coefficient (Wildman–Crippen LogP) is 2.44. The minimum atomic E-state index is -0.379. The number of hydrogen-bond acceptors (Lipinski definition) is 2. The summed E-state index contributed by atoms with van der Waals surface area (Å²) in [5.41, 5.74) is 0.942. The minimum Gasteiger partial charge on any atom is -0.362 e. The first-order valence-corrected chi connectivity index (χ1v) is 5.65. The number of rotatable bonds is 2. The van der Waals surface area contributed by atoms with Crippen molar-refractivity contribution in [3.05, 3.63) is 41.7 Å². The van der Waals surface area contributed by atoms with Crippen molar-refractivity contribution in [2.75, 3.05) is 24.5 Å². The molecule has 1 saturated heterocycles. The van der Waals surface area contributed by atoms with Gasteiger partial charge in [0.2, 0.25) is 0 Å². The van der Waals surface area contributed by atoms with Crippen LogP contribution in [0.25, 0.3) is 0 Å². The molecule has 1 N–H and O–H groups in total. The van der Waals surface area contributed by atoms with Gasteiger partial charge in [-0.05, 0) is 18.2 Å². The van der Waals surface area contributed by atoms with E-state index in [-0.39, 0.29) is 16.9 Å². The highest BCUT2D eigenvalue weighted by molar-refractivity contribution is 6.31. The van der Waals surface area contributed by atoms with Crippen LogP contribution in [0.4, 0.5) is 10.1 Å². The van der Waals surface area contributed by atoms with E-state index in [1.807, 2.05) is 6.08 Å². The SMILES string of the molecule is C=CC1CNCCN1c1ccc(F)c(Cl)c1. The Kier molecular flexibility index (Phi) is 3.46. The lowest BCUT2D eigenvalue weighted by molar-refractivity contribution is 0.529. The monoisotopic (exact) mass is 240 g/mol. The largest absolute Gasteiger partial charge is 0.362 e. The van der Waals surface area contributed by atoms with Gasteiger partial charge in [-0.2, -0.15) is 0 Å². The zero-order valence-electron chi connectivity index (χ0n) is 8.92. The van der Waals surface area contributed by atoms with Gasteiger partial charge in [-0.3, -0.25) is 0 Å². The van der Waals surface area contributed by atoms with E-state index >= 15 is 0 Å². The second kappa shape index (κ2) is 4.85. The third-order valence-corrected chi connectivity index (χ3v) is 3.08. The van der Waals surface area contributed by atoms with Crippen LogP contribution in [0, 0.1) is 5.82 Å². The Balaban J connectivity index is 2.27. The molecule has 4 heteroatoms. The predicted molar refractivity (Wildman–Crippen MR) is 65.6 cm³/mol. The van der Waals surface area contributed by atoms with Crippen LogP contribution in [0.15, 0.2) is 30.9 Å². The van der Waals surface area contributed by atoms with Gasteiger partial charge < -0.3 is 10.2 Å². The summed E-state index contributed by atoms with van der Waals surface area (Å²) in [5.74, 6) is -0.379. The van der Waals surface area contributed by atoms with Crippen molar-refractivity contribution < 1.29 is 4.39 Å². The molecule has 1 atom stereocenters. The van der Waals surface area contributed by atoms with Crippen LogP contribution in [0.1, 0.15) is 0 Å². The molecule has 86 valence electrons. The van der Waals surface area contributed by atoms with E-state index in [4.69, 9.17) is 11.6 Å². The highest BCUT2D eigenvalue weighted by Gasteiger charge is 2.20. The molecule has 0 amide bonds. The average molecular weight is 241 g/mol. The van der Waals surface area contributed by atoms with Crippen LogP contribution in [0.5, 0.6) is 0 Å². The van der Waals surface area contributed by atoms with Gasteiger partial charge in [-0.25, -0.2) is 4.39 Å². The van der Waals surface area contributed by atoms with Gasteiger partial charge in [0.1, 0.15) is 5.82 Å². The molecule has 2 rings (SSSR count). The fourth-order valence-electron chi connectivity index (χ4n) is 1.92. The second-order valence-corrected chi connectivity index (χ2v) is 4.21. The quantitative estimate of drug-likeness (QED) is 0.799. The molecule has 2 nitrogen and oxygen atoms in total. The summed E-state index contributed by atoms with van der Waals surface area (Å²) in [6.45, 7) is 6.46. The molecular weight excluding hydrogens is 227 g/mol. The summed E-state index contributed by atoms with van der Waals surface area (Å²) in [7, 11) is 0. The van der Waals surface area contributed by atoms with Gasteiger partial charge in [-0.15, -0.1) is 6.58 Å². The lowest BCUT2D eigenvalue weighted by atomic mass is 10.1. The summed E-state index contributed by atoms with van der Waals surface area (Å²) in [6, 6.07) is 5.05. The molecule has 1 aromatic carbocycles. The summed E-state index contributed by atoms with van der Waals surface area (Å²) >= 11 is 5.78. The zero-order chi connectivity index (χ0) is 11.5. The maximum Gasteiger partial charge on any atom is 0.141 e. The number of halogens is 2. The van der Waals surface area contributed by atoms with Gasteiger partial charge in [0, 0.05) is 25.3 Å². The summed E-state index contributed by atoms with van der Waals surface area (Å²) in [5, 5.41) is 3.46. The highest BCUT2D eigenvalue weighted by atomic mass is 35.5. The Morgan fingerprint density at radius 3 is 3.06 bits per heavy atom. The van der Waals surface area contributed by atoms with Crippen LogP contribution in [-0.2, 0) is 0 Å². The van der Waals surface area contributed by atoms with E-state index in [0.29, 0.717) is 0 Å². The molecule has 0 saturated carbocycles. The summed E-state index contributed by atoms with van der Waals surface area (Å²) < 4.78 is 13.1. The Morgan fingerprint density at radius 2 is 2.38 bits per heavy atom. The molecule has 1 aromatic rings. The fourth-order valence-corrected chi connectivity index (χ4v) is 2.10. The lowest BCUT2D eigenvalue weighted by Crippen LogP contribution is -2.50. The van der Waals surface area contributed by atoms with Gasteiger partial charge >= 0.3 is 0 Å². The molecule has 0 spiro atoms. The third-order valence-electron chi connectivity index (χ3n) is 2.79. The molecule has 0 radical (unpaired) electrons. The van der Waals surface area contributed by atoms with E-state index in [2.05, 4.69) is 16.8 Å². The first kappa shape index (κ1) is 11.4. The average Bonchev–Trinajstić information content (AvgIpc) is 2.32. The van der Waals surface area contributed by atoms with Gasteiger partial charge in [0.25, 0.3) is 0 Å². The maximum absolute atomic E-state index is 13.1. The van der Waals surface area contributed by atoms with E-state index in [1.54, 1.807) is 12.1 Å². The van der Waals surface area contributed by atoms with Crippen molar-refractivity contribution in [3.63, 3.8) is 0 Å². The van der Waals surface area contributed by atoms with E-state index < -0.39 is 0 Å². The smallest absolute Gasteiger partial charge is 0.141 e. The van der Waals surface area contributed by atoms with Crippen molar-refractivity contribution in [3.8, 4) is 0 Å². The first-order valence-electron chi connectivity index (χ1n) is 5.27. The first-order chi connectivity index (χ1) is 7.72. The summed E-state index contributed by atoms with van der Waals surface area (Å²) in [6.07, 6.45) is 1.89. The fraction of sp³-hybridized carbons (Fsp3) is 0.333. The van der Waals surface area contributed by atoms with Crippen LogP contribution in [0.2, 0.25) is 5.02 Å². The lowest BCUT2D eigenvalue weighted by Gasteiger charge is -2.36. The van der Waals surface area contributed by atoms with Crippen LogP contribution >= 0.6 is 11.6 Å². The van der Waals surface area contributed by atoms with E-state index in [1.165, 1.54) is 6.07 Å². The van der Waals surface area contributed by atoms with Crippen LogP contribution in [0.3, 0.4) is 0 Å². The van der Waals surface area contributed by atoms with Gasteiger partial charge in [-0.1, -0.05) is 17.7 Å². The Hall–Kier alpha value is -1.06. The number of anilines is 1. The second-order valence-electron chi connectivity index (χ2n) is 3.80. The topological polar surface area (TPSA) is 15.3 Å². The molecule has 16 heavy (non-hydrogen) atoms. The molecule has 0 aliphatic carbocycles. The van der Waals surface area contributed by atoms with Crippen molar-refractivity contribution >= 4 is 17.3 Å². The Morgan fingerprint density at radius 1 is 1.56 bits per heavy atom. The van der Waals surface area contributed by atoms with Crippen LogP contribution < -0.4 is 10.2 Å².